The van der Waals surface area contributed by atoms with Gasteiger partial charge in [-0.1, -0.05) is 12.1 Å². The first-order valence-corrected chi connectivity index (χ1v) is 7.57. The van der Waals surface area contributed by atoms with E-state index in [0.717, 1.165) is 12.1 Å². The minimum atomic E-state index is -4.41. The first-order valence-electron chi connectivity index (χ1n) is 7.57. The topological polar surface area (TPSA) is 46.9 Å². The number of hydrogen-bond donors (Lipinski definition) is 1. The molecule has 0 atom stereocenters. The second kappa shape index (κ2) is 6.99. The molecule has 0 aliphatic carbocycles. The van der Waals surface area contributed by atoms with Crippen LogP contribution in [-0.2, 0) is 12.7 Å². The Hall–Kier alpha value is -3.16. The molecular weight excluding hydrogens is 350 g/mol. The number of rotatable bonds is 4. The van der Waals surface area contributed by atoms with Crippen molar-refractivity contribution < 1.29 is 22.4 Å². The van der Waals surface area contributed by atoms with Gasteiger partial charge in [-0.3, -0.25) is 9.48 Å². The average molecular weight is 363 g/mol. The van der Waals surface area contributed by atoms with Crippen molar-refractivity contribution in [3.8, 4) is 0 Å². The van der Waals surface area contributed by atoms with E-state index < -0.39 is 23.5 Å². The summed E-state index contributed by atoms with van der Waals surface area (Å²) in [6.07, 6.45) is -1.52. The normalized spacial score (nSPS) is 11.4. The van der Waals surface area contributed by atoms with E-state index >= 15 is 0 Å². The maximum Gasteiger partial charge on any atom is 0.416 e. The van der Waals surface area contributed by atoms with Gasteiger partial charge < -0.3 is 5.32 Å². The molecule has 0 fully saturated rings. The van der Waals surface area contributed by atoms with Gasteiger partial charge in [0.05, 0.1) is 24.0 Å². The highest BCUT2D eigenvalue weighted by Gasteiger charge is 2.30. The quantitative estimate of drug-likeness (QED) is 0.701. The molecule has 1 amide bonds. The van der Waals surface area contributed by atoms with Crippen molar-refractivity contribution in [3.63, 3.8) is 0 Å². The van der Waals surface area contributed by atoms with E-state index in [1.165, 1.54) is 47.4 Å². The molecule has 0 radical (unpaired) electrons. The van der Waals surface area contributed by atoms with E-state index in [-0.39, 0.29) is 12.1 Å². The molecule has 0 bridgehead atoms. The van der Waals surface area contributed by atoms with Gasteiger partial charge in [-0.2, -0.15) is 18.3 Å². The van der Waals surface area contributed by atoms with E-state index in [1.54, 1.807) is 6.07 Å². The Bertz CT molecular complexity index is 917. The molecule has 0 aliphatic rings. The maximum absolute atomic E-state index is 12.9. The van der Waals surface area contributed by atoms with Crippen molar-refractivity contribution in [1.29, 1.82) is 0 Å². The van der Waals surface area contributed by atoms with Crippen LogP contribution in [0, 0.1) is 5.82 Å². The van der Waals surface area contributed by atoms with Crippen LogP contribution in [0.3, 0.4) is 0 Å². The largest absolute Gasteiger partial charge is 0.416 e. The van der Waals surface area contributed by atoms with Gasteiger partial charge in [0.1, 0.15) is 5.82 Å². The highest BCUT2D eigenvalue weighted by atomic mass is 19.4. The lowest BCUT2D eigenvalue weighted by molar-refractivity contribution is -0.137. The molecule has 8 heteroatoms. The predicted octanol–water partition coefficient (Wildman–Crippen LogP) is 4.34. The van der Waals surface area contributed by atoms with Crippen LogP contribution in [0.1, 0.15) is 21.5 Å². The smallest absolute Gasteiger partial charge is 0.319 e. The van der Waals surface area contributed by atoms with Crippen LogP contribution in [0.15, 0.2) is 60.9 Å². The fraction of sp³-hybridized carbons (Fsp3) is 0.111. The van der Waals surface area contributed by atoms with E-state index in [4.69, 9.17) is 0 Å². The monoisotopic (exact) mass is 363 g/mol. The number of anilines is 1. The zero-order valence-corrected chi connectivity index (χ0v) is 13.3. The number of carbonyl (C=O) groups excluding carboxylic acids is 1. The third-order valence-corrected chi connectivity index (χ3v) is 3.60. The van der Waals surface area contributed by atoms with E-state index in [2.05, 4.69) is 10.4 Å². The van der Waals surface area contributed by atoms with E-state index in [9.17, 15) is 22.4 Å². The van der Waals surface area contributed by atoms with Gasteiger partial charge in [0.2, 0.25) is 0 Å². The van der Waals surface area contributed by atoms with Gasteiger partial charge in [0.25, 0.3) is 5.91 Å². The van der Waals surface area contributed by atoms with Crippen molar-refractivity contribution in [2.45, 2.75) is 12.7 Å². The van der Waals surface area contributed by atoms with Crippen LogP contribution in [0.2, 0.25) is 0 Å². The van der Waals surface area contributed by atoms with Crippen LogP contribution in [0.4, 0.5) is 23.2 Å². The molecular formula is C18H13F4N3O. The number of halogens is 4. The number of alkyl halides is 3. The zero-order valence-electron chi connectivity index (χ0n) is 13.3. The lowest BCUT2D eigenvalue weighted by Gasteiger charge is -2.08. The molecule has 3 rings (SSSR count). The van der Waals surface area contributed by atoms with Gasteiger partial charge >= 0.3 is 6.18 Å². The number of amides is 1. The summed E-state index contributed by atoms with van der Waals surface area (Å²) < 4.78 is 52.5. The van der Waals surface area contributed by atoms with Crippen molar-refractivity contribution in [2.24, 2.45) is 0 Å². The number of benzene rings is 2. The number of aromatic nitrogens is 2. The van der Waals surface area contributed by atoms with Gasteiger partial charge in [-0.05, 0) is 42.0 Å². The summed E-state index contributed by atoms with van der Waals surface area (Å²) >= 11 is 0. The van der Waals surface area contributed by atoms with Crippen LogP contribution < -0.4 is 5.32 Å². The van der Waals surface area contributed by atoms with Crippen molar-refractivity contribution in [1.82, 2.24) is 9.78 Å². The van der Waals surface area contributed by atoms with Crippen molar-refractivity contribution >= 4 is 11.6 Å². The lowest BCUT2D eigenvalue weighted by Crippen LogP contribution is -2.11. The van der Waals surface area contributed by atoms with Gasteiger partial charge in [-0.15, -0.1) is 0 Å². The summed E-state index contributed by atoms with van der Waals surface area (Å²) in [5, 5.41) is 6.62. The molecule has 0 spiro atoms. The highest BCUT2D eigenvalue weighted by Crippen LogP contribution is 2.29. The SMILES string of the molecule is O=C(Nc1cnn(Cc2cccc(C(F)(F)F)c2)c1)c1ccc(F)cc1. The van der Waals surface area contributed by atoms with Crippen molar-refractivity contribution in [3.05, 3.63) is 83.4 Å². The number of nitrogens with one attached hydrogen (secondary N) is 1. The van der Waals surface area contributed by atoms with Crippen LogP contribution in [-0.4, -0.2) is 15.7 Å². The number of hydrogen-bond acceptors (Lipinski definition) is 2. The molecule has 1 aromatic heterocycles. The minimum absolute atomic E-state index is 0.121. The molecule has 3 aromatic rings. The second-order valence-corrected chi connectivity index (χ2v) is 5.59. The molecule has 2 aromatic carbocycles. The first kappa shape index (κ1) is 17.7. The van der Waals surface area contributed by atoms with Gasteiger partial charge in [0.15, 0.2) is 0 Å². The second-order valence-electron chi connectivity index (χ2n) is 5.59. The molecule has 0 unspecified atom stereocenters. The van der Waals surface area contributed by atoms with Crippen LogP contribution in [0.5, 0.6) is 0 Å². The maximum atomic E-state index is 12.9. The van der Waals surface area contributed by atoms with Crippen LogP contribution in [0.25, 0.3) is 0 Å². The summed E-state index contributed by atoms with van der Waals surface area (Å²) in [5.74, 6) is -0.890. The molecule has 0 aliphatic heterocycles. The third kappa shape index (κ3) is 4.27. The van der Waals surface area contributed by atoms with Crippen LogP contribution >= 0.6 is 0 Å². The molecule has 26 heavy (non-hydrogen) atoms. The Morgan fingerprint density at radius 2 is 1.85 bits per heavy atom. The average Bonchev–Trinajstić information content (AvgIpc) is 3.02. The Morgan fingerprint density at radius 3 is 2.54 bits per heavy atom. The van der Waals surface area contributed by atoms with Crippen molar-refractivity contribution in [2.75, 3.05) is 5.32 Å². The standard InChI is InChI=1S/C18H13F4N3O/c19-15-6-4-13(5-7-15)17(26)24-16-9-23-25(11-16)10-12-2-1-3-14(8-12)18(20,21)22/h1-9,11H,10H2,(H,24,26). The fourth-order valence-electron chi connectivity index (χ4n) is 2.35. The van der Waals surface area contributed by atoms with Gasteiger partial charge in [-0.25, -0.2) is 4.39 Å². The highest BCUT2D eigenvalue weighted by molar-refractivity contribution is 6.04. The Kier molecular flexibility index (Phi) is 4.75. The number of carbonyl (C=O) groups is 1. The van der Waals surface area contributed by atoms with Gasteiger partial charge in [0, 0.05) is 11.8 Å². The summed E-state index contributed by atoms with van der Waals surface area (Å²) in [5.41, 5.74) is 0.356. The molecule has 4 nitrogen and oxygen atoms in total. The Labute approximate surface area is 146 Å². The zero-order chi connectivity index (χ0) is 18.7. The number of nitrogens with zero attached hydrogens (tertiary/aromatic N) is 2. The molecule has 0 saturated carbocycles. The van der Waals surface area contributed by atoms with E-state index in [1.807, 2.05) is 0 Å². The fourth-order valence-corrected chi connectivity index (χ4v) is 2.35. The Balaban J connectivity index is 1.68. The molecule has 1 N–H and O–H groups in total. The summed E-state index contributed by atoms with van der Waals surface area (Å²) in [4.78, 5) is 12.1. The predicted molar refractivity (Wildman–Crippen MR) is 87.1 cm³/mol. The summed E-state index contributed by atoms with van der Waals surface area (Å²) in [6, 6.07) is 9.99. The summed E-state index contributed by atoms with van der Waals surface area (Å²) in [7, 11) is 0. The molecule has 1 heterocycles. The lowest BCUT2D eigenvalue weighted by atomic mass is 10.1. The minimum Gasteiger partial charge on any atom is -0.319 e. The third-order valence-electron chi connectivity index (χ3n) is 3.60. The Morgan fingerprint density at radius 1 is 1.12 bits per heavy atom. The molecule has 134 valence electrons. The summed E-state index contributed by atoms with van der Waals surface area (Å²) in [6.45, 7) is 0.121. The molecule has 0 saturated heterocycles. The van der Waals surface area contributed by atoms with E-state index in [0.29, 0.717) is 11.3 Å². The first-order chi connectivity index (χ1) is 12.3.